The zero-order valence-electron chi connectivity index (χ0n) is 5.55. The van der Waals surface area contributed by atoms with E-state index >= 15 is 0 Å². The quantitative estimate of drug-likeness (QED) is 0.492. The summed E-state index contributed by atoms with van der Waals surface area (Å²) in [5.74, 6) is 0. The molecule has 1 saturated heterocycles. The summed E-state index contributed by atoms with van der Waals surface area (Å²) in [5.41, 5.74) is 0. The third-order valence-electron chi connectivity index (χ3n) is 1.59. The van der Waals surface area contributed by atoms with Crippen molar-refractivity contribution < 1.29 is 24.3 Å². The van der Waals surface area contributed by atoms with Gasteiger partial charge in [-0.15, -0.1) is 0 Å². The van der Waals surface area contributed by atoms with Crippen LogP contribution in [0.1, 0.15) is 0 Å². The van der Waals surface area contributed by atoms with Crippen LogP contribution in [0.5, 0.6) is 0 Å². The van der Waals surface area contributed by atoms with Gasteiger partial charge in [-0.25, -0.2) is 4.29 Å². The zero-order valence-corrected chi connectivity index (χ0v) is 6.31. The van der Waals surface area contributed by atoms with Gasteiger partial charge in [-0.2, -0.15) is 0 Å². The van der Waals surface area contributed by atoms with Crippen LogP contribution in [0.25, 0.3) is 0 Å². The molecule has 0 spiro atoms. The van der Waals surface area contributed by atoms with Crippen LogP contribution in [-0.4, -0.2) is 46.5 Å². The average molecular weight is 185 g/mol. The van der Waals surface area contributed by atoms with E-state index in [2.05, 4.69) is 4.29 Å². The molecule has 0 aromatic heterocycles. The average Bonchev–Trinajstić information content (AvgIpc) is 2.30. The molecule has 1 aliphatic heterocycles. The van der Waals surface area contributed by atoms with Crippen LogP contribution < -0.4 is 0 Å². The highest BCUT2D eigenvalue weighted by molar-refractivity contribution is 6.07. The minimum atomic E-state index is -1.20. The van der Waals surface area contributed by atoms with Crippen LogP contribution in [0.3, 0.4) is 0 Å². The predicted molar refractivity (Wildman–Crippen MR) is 34.7 cm³/mol. The van der Waals surface area contributed by atoms with Crippen LogP contribution in [0.2, 0.25) is 0 Å². The number of hydrogen-bond acceptors (Lipinski definition) is 5. The van der Waals surface area contributed by atoms with E-state index in [-0.39, 0.29) is 6.61 Å². The molecule has 6 heteroatoms. The fourth-order valence-electron chi connectivity index (χ4n) is 0.939. The molecular weight excluding hydrogens is 176 g/mol. The predicted octanol–water partition coefficient (Wildman–Crippen LogP) is -1.40. The van der Waals surface area contributed by atoms with Crippen molar-refractivity contribution >= 4 is 11.9 Å². The zero-order chi connectivity index (χ0) is 8.43. The second kappa shape index (κ2) is 3.66. The Hall–Kier alpha value is 0.0900. The summed E-state index contributed by atoms with van der Waals surface area (Å²) in [6, 6.07) is 0. The van der Waals surface area contributed by atoms with Gasteiger partial charge in [-0.1, -0.05) is 0 Å². The van der Waals surface area contributed by atoms with E-state index in [4.69, 9.17) is 31.9 Å². The SMILES string of the molecule is OC[C@H]1O[C@H](OCl)[C@H](O)[C@@H]1O. The smallest absolute Gasteiger partial charge is 0.206 e. The van der Waals surface area contributed by atoms with Gasteiger partial charge in [0, 0.05) is 0 Å². The van der Waals surface area contributed by atoms with E-state index in [1.165, 1.54) is 0 Å². The van der Waals surface area contributed by atoms with Crippen molar-refractivity contribution in [3.05, 3.63) is 0 Å². The fraction of sp³-hybridized carbons (Fsp3) is 1.00. The van der Waals surface area contributed by atoms with E-state index in [1.54, 1.807) is 0 Å². The lowest BCUT2D eigenvalue weighted by Gasteiger charge is -2.09. The van der Waals surface area contributed by atoms with Crippen LogP contribution in [0.4, 0.5) is 0 Å². The summed E-state index contributed by atoms with van der Waals surface area (Å²) < 4.78 is 8.93. The summed E-state index contributed by atoms with van der Waals surface area (Å²) in [6.45, 7) is -0.380. The Morgan fingerprint density at radius 1 is 1.36 bits per heavy atom. The minimum Gasteiger partial charge on any atom is -0.394 e. The Labute approximate surface area is 68.3 Å². The van der Waals surface area contributed by atoms with Gasteiger partial charge in [0.1, 0.15) is 18.3 Å². The molecule has 0 aromatic carbocycles. The lowest BCUT2D eigenvalue weighted by molar-refractivity contribution is -0.113. The van der Waals surface area contributed by atoms with Gasteiger partial charge in [0.05, 0.1) is 18.5 Å². The molecular formula is C5H9ClO5. The number of aliphatic hydroxyl groups is 3. The van der Waals surface area contributed by atoms with Crippen molar-refractivity contribution in [1.29, 1.82) is 0 Å². The maximum absolute atomic E-state index is 9.09. The van der Waals surface area contributed by atoms with Gasteiger partial charge < -0.3 is 20.1 Å². The lowest BCUT2D eigenvalue weighted by atomic mass is 10.1. The second-order valence-electron chi connectivity index (χ2n) is 2.30. The van der Waals surface area contributed by atoms with Gasteiger partial charge in [-0.05, 0) is 0 Å². The van der Waals surface area contributed by atoms with E-state index < -0.39 is 24.6 Å². The van der Waals surface area contributed by atoms with Crippen LogP contribution >= 0.6 is 11.9 Å². The van der Waals surface area contributed by atoms with Crippen molar-refractivity contribution in [2.24, 2.45) is 0 Å². The molecule has 1 rings (SSSR count). The van der Waals surface area contributed by atoms with Gasteiger partial charge in [0.15, 0.2) is 0 Å². The molecule has 5 nitrogen and oxygen atoms in total. The van der Waals surface area contributed by atoms with E-state index in [0.717, 1.165) is 0 Å². The third kappa shape index (κ3) is 1.64. The molecule has 0 aliphatic carbocycles. The molecule has 0 bridgehead atoms. The minimum absolute atomic E-state index is 0.380. The standard InChI is InChI=1S/C5H9ClO5/c6-11-5-4(9)3(8)2(1-7)10-5/h2-5,7-9H,1H2/t2-,3-,4-,5-/m1/s1. The fourth-order valence-corrected chi connectivity index (χ4v) is 1.09. The van der Waals surface area contributed by atoms with Crippen molar-refractivity contribution in [1.82, 2.24) is 0 Å². The molecule has 4 atom stereocenters. The normalized spacial score (nSPS) is 44.7. The molecule has 1 aliphatic rings. The van der Waals surface area contributed by atoms with E-state index in [9.17, 15) is 0 Å². The van der Waals surface area contributed by atoms with Gasteiger partial charge >= 0.3 is 0 Å². The topological polar surface area (TPSA) is 79.2 Å². The molecule has 0 amide bonds. The van der Waals surface area contributed by atoms with Crippen molar-refractivity contribution in [3.8, 4) is 0 Å². The Kier molecular flexibility index (Phi) is 3.06. The summed E-state index contributed by atoms with van der Waals surface area (Å²) in [7, 11) is 0. The molecule has 0 saturated carbocycles. The highest BCUT2D eigenvalue weighted by Gasteiger charge is 2.43. The Morgan fingerprint density at radius 2 is 2.00 bits per heavy atom. The van der Waals surface area contributed by atoms with E-state index in [0.29, 0.717) is 0 Å². The maximum atomic E-state index is 9.09. The van der Waals surface area contributed by atoms with Crippen molar-refractivity contribution in [2.75, 3.05) is 6.61 Å². The largest absolute Gasteiger partial charge is 0.394 e. The first-order valence-corrected chi connectivity index (χ1v) is 3.41. The maximum Gasteiger partial charge on any atom is 0.206 e. The number of halogens is 1. The first kappa shape index (κ1) is 9.18. The molecule has 0 radical (unpaired) electrons. The molecule has 0 aromatic rings. The summed E-state index contributed by atoms with van der Waals surface area (Å²) in [6.07, 6.45) is -4.24. The number of hydrogen-bond donors (Lipinski definition) is 3. The van der Waals surface area contributed by atoms with Crippen LogP contribution in [0, 0.1) is 0 Å². The van der Waals surface area contributed by atoms with E-state index in [1.807, 2.05) is 0 Å². The molecule has 3 N–H and O–H groups in total. The third-order valence-corrected chi connectivity index (χ3v) is 1.76. The molecule has 1 fully saturated rings. The summed E-state index contributed by atoms with van der Waals surface area (Å²) >= 11 is 4.91. The number of aliphatic hydroxyl groups excluding tert-OH is 3. The first-order valence-electron chi connectivity index (χ1n) is 3.10. The first-order chi connectivity index (χ1) is 5.20. The highest BCUT2D eigenvalue weighted by Crippen LogP contribution is 2.22. The summed E-state index contributed by atoms with van der Waals surface area (Å²) in [4.78, 5) is 0. The van der Waals surface area contributed by atoms with Gasteiger partial charge in [0.25, 0.3) is 0 Å². The number of rotatable bonds is 2. The second-order valence-corrected chi connectivity index (χ2v) is 2.47. The molecule has 1 heterocycles. The summed E-state index contributed by atoms with van der Waals surface area (Å²) in [5, 5.41) is 26.7. The van der Waals surface area contributed by atoms with Crippen molar-refractivity contribution in [2.45, 2.75) is 24.6 Å². The van der Waals surface area contributed by atoms with Gasteiger partial charge in [0.2, 0.25) is 6.29 Å². The van der Waals surface area contributed by atoms with Crippen LogP contribution in [0.15, 0.2) is 0 Å². The molecule has 0 unspecified atom stereocenters. The van der Waals surface area contributed by atoms with Crippen molar-refractivity contribution in [3.63, 3.8) is 0 Å². The Balaban J connectivity index is 2.53. The Bertz CT molecular complexity index is 114. The van der Waals surface area contributed by atoms with Gasteiger partial charge in [-0.3, -0.25) is 0 Å². The number of ether oxygens (including phenoxy) is 1. The van der Waals surface area contributed by atoms with Crippen LogP contribution in [-0.2, 0) is 9.03 Å². The Morgan fingerprint density at radius 3 is 2.27 bits per heavy atom. The highest BCUT2D eigenvalue weighted by atomic mass is 35.5. The molecule has 11 heavy (non-hydrogen) atoms. The lowest BCUT2D eigenvalue weighted by Crippen LogP contribution is -2.33. The monoisotopic (exact) mass is 184 g/mol. The molecule has 66 valence electrons.